The van der Waals surface area contributed by atoms with Gasteiger partial charge in [0, 0.05) is 18.8 Å². The first-order valence-electron chi connectivity index (χ1n) is 6.45. The molecule has 2 rings (SSSR count). The quantitative estimate of drug-likeness (QED) is 0.871. The average molecular weight is 241 g/mol. The van der Waals surface area contributed by atoms with Crippen LogP contribution in [0.4, 0.5) is 0 Å². The molecule has 1 atom stereocenters. The molecule has 0 aliphatic carbocycles. The van der Waals surface area contributed by atoms with Gasteiger partial charge in [0.05, 0.1) is 6.10 Å². The summed E-state index contributed by atoms with van der Waals surface area (Å²) < 4.78 is 0. The second-order valence-corrected chi connectivity index (χ2v) is 4.57. The van der Waals surface area contributed by atoms with E-state index in [1.54, 1.807) is 12.4 Å². The molecule has 2 nitrogen and oxygen atoms in total. The summed E-state index contributed by atoms with van der Waals surface area (Å²) in [6.07, 6.45) is 5.96. The Balaban J connectivity index is 2.02. The fraction of sp³-hybridized carbons (Fsp3) is 0.312. The highest BCUT2D eigenvalue weighted by molar-refractivity contribution is 5.25. The van der Waals surface area contributed by atoms with Crippen LogP contribution in [0.25, 0.3) is 0 Å². The van der Waals surface area contributed by atoms with Gasteiger partial charge in [-0.3, -0.25) is 4.98 Å². The molecule has 0 aliphatic rings. The van der Waals surface area contributed by atoms with Gasteiger partial charge in [0.25, 0.3) is 0 Å². The summed E-state index contributed by atoms with van der Waals surface area (Å²) in [4.78, 5) is 3.98. The van der Waals surface area contributed by atoms with E-state index in [0.29, 0.717) is 6.42 Å². The Hall–Kier alpha value is -1.67. The number of aryl methyl sites for hydroxylation is 1. The highest BCUT2D eigenvalue weighted by Gasteiger charge is 2.08. The first kappa shape index (κ1) is 12.8. The predicted molar refractivity (Wildman–Crippen MR) is 73.3 cm³/mol. The molecule has 1 N–H and O–H groups in total. The van der Waals surface area contributed by atoms with E-state index in [2.05, 4.69) is 24.0 Å². The summed E-state index contributed by atoms with van der Waals surface area (Å²) in [5, 5.41) is 10.2. The lowest BCUT2D eigenvalue weighted by Gasteiger charge is -2.11. The van der Waals surface area contributed by atoms with Gasteiger partial charge in [-0.05, 0) is 35.2 Å². The molecule has 0 saturated carbocycles. The molecule has 18 heavy (non-hydrogen) atoms. The van der Waals surface area contributed by atoms with Gasteiger partial charge in [0.2, 0.25) is 0 Å². The summed E-state index contributed by atoms with van der Waals surface area (Å²) in [6, 6.07) is 12.1. The predicted octanol–water partition coefficient (Wildman–Crippen LogP) is 3.31. The first-order chi connectivity index (χ1) is 8.79. The number of aromatic nitrogens is 1. The van der Waals surface area contributed by atoms with Crippen LogP contribution in [-0.4, -0.2) is 10.1 Å². The third-order valence-electron chi connectivity index (χ3n) is 3.08. The van der Waals surface area contributed by atoms with E-state index >= 15 is 0 Å². The number of nitrogens with zero attached hydrogens (tertiary/aromatic N) is 1. The molecule has 0 bridgehead atoms. The highest BCUT2D eigenvalue weighted by atomic mass is 16.3. The molecule has 0 aliphatic heterocycles. The average Bonchev–Trinajstić information content (AvgIpc) is 2.41. The van der Waals surface area contributed by atoms with Crippen LogP contribution in [0.5, 0.6) is 0 Å². The lowest BCUT2D eigenvalue weighted by Crippen LogP contribution is -2.02. The molecule has 2 aromatic rings. The van der Waals surface area contributed by atoms with Crippen molar-refractivity contribution in [3.05, 3.63) is 65.5 Å². The van der Waals surface area contributed by atoms with E-state index < -0.39 is 6.10 Å². The minimum absolute atomic E-state index is 0.442. The van der Waals surface area contributed by atoms with Crippen LogP contribution < -0.4 is 0 Å². The van der Waals surface area contributed by atoms with E-state index in [9.17, 15) is 5.11 Å². The number of benzene rings is 1. The van der Waals surface area contributed by atoms with Crippen LogP contribution in [0.15, 0.2) is 48.8 Å². The van der Waals surface area contributed by atoms with Gasteiger partial charge in [-0.25, -0.2) is 0 Å². The van der Waals surface area contributed by atoms with Gasteiger partial charge in [0.1, 0.15) is 0 Å². The van der Waals surface area contributed by atoms with Crippen molar-refractivity contribution >= 4 is 0 Å². The molecule has 1 aromatic carbocycles. The fourth-order valence-corrected chi connectivity index (χ4v) is 2.06. The van der Waals surface area contributed by atoms with E-state index in [1.807, 2.05) is 24.3 Å². The van der Waals surface area contributed by atoms with Crippen molar-refractivity contribution in [3.63, 3.8) is 0 Å². The first-order valence-corrected chi connectivity index (χ1v) is 6.45. The van der Waals surface area contributed by atoms with Gasteiger partial charge in [-0.2, -0.15) is 0 Å². The topological polar surface area (TPSA) is 33.1 Å². The molecule has 2 heteroatoms. The van der Waals surface area contributed by atoms with Gasteiger partial charge >= 0.3 is 0 Å². The van der Waals surface area contributed by atoms with E-state index in [-0.39, 0.29) is 0 Å². The van der Waals surface area contributed by atoms with Crippen molar-refractivity contribution in [3.8, 4) is 0 Å². The minimum Gasteiger partial charge on any atom is -0.388 e. The number of rotatable bonds is 5. The zero-order valence-electron chi connectivity index (χ0n) is 10.7. The molecule has 0 spiro atoms. The third-order valence-corrected chi connectivity index (χ3v) is 3.08. The standard InChI is InChI=1S/C16H19NO/c1-2-3-13-4-6-15(7-5-13)16(18)12-14-8-10-17-11-9-14/h4-11,16,18H,2-3,12H2,1H3. The summed E-state index contributed by atoms with van der Waals surface area (Å²) in [7, 11) is 0. The Morgan fingerprint density at radius 2 is 1.67 bits per heavy atom. The second-order valence-electron chi connectivity index (χ2n) is 4.57. The van der Waals surface area contributed by atoms with E-state index in [1.165, 1.54) is 5.56 Å². The van der Waals surface area contributed by atoms with Crippen molar-refractivity contribution in [2.24, 2.45) is 0 Å². The van der Waals surface area contributed by atoms with Gasteiger partial charge in [0.15, 0.2) is 0 Å². The van der Waals surface area contributed by atoms with E-state index in [0.717, 1.165) is 24.0 Å². The SMILES string of the molecule is CCCc1ccc(C(O)Cc2ccncc2)cc1. The maximum absolute atomic E-state index is 10.2. The molecule has 94 valence electrons. The molecular formula is C16H19NO. The van der Waals surface area contributed by atoms with Crippen LogP contribution in [0, 0.1) is 0 Å². The van der Waals surface area contributed by atoms with Crippen LogP contribution in [0.3, 0.4) is 0 Å². The van der Waals surface area contributed by atoms with Gasteiger partial charge in [-0.1, -0.05) is 37.6 Å². The zero-order chi connectivity index (χ0) is 12.8. The molecule has 1 unspecified atom stereocenters. The molecule has 0 saturated heterocycles. The van der Waals surface area contributed by atoms with Gasteiger partial charge in [-0.15, -0.1) is 0 Å². The van der Waals surface area contributed by atoms with Gasteiger partial charge < -0.3 is 5.11 Å². The highest BCUT2D eigenvalue weighted by Crippen LogP contribution is 2.18. The Kier molecular flexibility index (Phi) is 4.48. The monoisotopic (exact) mass is 241 g/mol. The van der Waals surface area contributed by atoms with Crippen molar-refractivity contribution < 1.29 is 5.11 Å². The van der Waals surface area contributed by atoms with E-state index in [4.69, 9.17) is 0 Å². The van der Waals surface area contributed by atoms with Crippen LogP contribution in [0.1, 0.15) is 36.1 Å². The largest absolute Gasteiger partial charge is 0.388 e. The zero-order valence-corrected chi connectivity index (χ0v) is 10.7. The summed E-state index contributed by atoms with van der Waals surface area (Å²) in [5.74, 6) is 0. The van der Waals surface area contributed by atoms with Crippen molar-refractivity contribution in [1.82, 2.24) is 4.98 Å². The van der Waals surface area contributed by atoms with Crippen molar-refractivity contribution in [2.75, 3.05) is 0 Å². The minimum atomic E-state index is -0.442. The normalized spacial score (nSPS) is 12.3. The maximum atomic E-state index is 10.2. The molecule has 0 radical (unpaired) electrons. The molecular weight excluding hydrogens is 222 g/mol. The lowest BCUT2D eigenvalue weighted by molar-refractivity contribution is 0.178. The summed E-state index contributed by atoms with van der Waals surface area (Å²) >= 11 is 0. The molecule has 1 heterocycles. The second kappa shape index (κ2) is 6.31. The molecule has 0 fully saturated rings. The number of hydrogen-bond donors (Lipinski definition) is 1. The number of aliphatic hydroxyl groups is 1. The lowest BCUT2D eigenvalue weighted by atomic mass is 10.00. The smallest absolute Gasteiger partial charge is 0.0830 e. The van der Waals surface area contributed by atoms with Crippen LogP contribution >= 0.6 is 0 Å². The fourth-order valence-electron chi connectivity index (χ4n) is 2.06. The molecule has 1 aromatic heterocycles. The van der Waals surface area contributed by atoms with Crippen molar-refractivity contribution in [2.45, 2.75) is 32.3 Å². The van der Waals surface area contributed by atoms with Crippen LogP contribution in [0.2, 0.25) is 0 Å². The van der Waals surface area contributed by atoms with Crippen LogP contribution in [-0.2, 0) is 12.8 Å². The maximum Gasteiger partial charge on any atom is 0.0830 e. The number of aliphatic hydroxyl groups excluding tert-OH is 1. The Bertz CT molecular complexity index is 464. The number of hydrogen-bond acceptors (Lipinski definition) is 2. The Morgan fingerprint density at radius 3 is 2.28 bits per heavy atom. The number of pyridine rings is 1. The van der Waals surface area contributed by atoms with Crippen molar-refractivity contribution in [1.29, 1.82) is 0 Å². The summed E-state index contributed by atoms with van der Waals surface area (Å²) in [6.45, 7) is 2.17. The summed E-state index contributed by atoms with van der Waals surface area (Å²) in [5.41, 5.74) is 3.42. The third kappa shape index (κ3) is 3.41. The Labute approximate surface area is 108 Å². The molecule has 0 amide bonds. The Morgan fingerprint density at radius 1 is 1.00 bits per heavy atom.